The molecule has 1 aliphatic heterocycles. The molecule has 0 bridgehead atoms. The van der Waals surface area contributed by atoms with Gasteiger partial charge in [0.25, 0.3) is 5.91 Å². The topological polar surface area (TPSA) is 83.6 Å². The van der Waals surface area contributed by atoms with Crippen LogP contribution >= 0.6 is 11.3 Å². The van der Waals surface area contributed by atoms with E-state index in [0.29, 0.717) is 30.2 Å². The molecule has 2 aromatic carbocycles. The Morgan fingerprint density at radius 1 is 1.10 bits per heavy atom. The van der Waals surface area contributed by atoms with Crippen molar-refractivity contribution in [3.05, 3.63) is 76.2 Å². The van der Waals surface area contributed by atoms with Gasteiger partial charge < -0.3 is 20.3 Å². The molecule has 3 aromatic rings. The summed E-state index contributed by atoms with van der Waals surface area (Å²) in [5, 5.41) is 7.58. The lowest BCUT2D eigenvalue weighted by Gasteiger charge is -2.16. The summed E-state index contributed by atoms with van der Waals surface area (Å²) in [6, 6.07) is 14.3. The Hall–Kier alpha value is -3.39. The number of likely N-dealkylation sites (tertiary alicyclic amines) is 1. The molecule has 160 valence electrons. The number of anilines is 1. The number of urea groups is 1. The van der Waals surface area contributed by atoms with Gasteiger partial charge in [-0.3, -0.25) is 4.79 Å². The molecule has 1 aromatic heterocycles. The first-order valence-corrected chi connectivity index (χ1v) is 11.1. The van der Waals surface area contributed by atoms with Gasteiger partial charge >= 0.3 is 6.03 Å². The maximum absolute atomic E-state index is 12.5. The van der Waals surface area contributed by atoms with Crippen LogP contribution in [0.4, 0.5) is 10.5 Å². The number of carbonyl (C=O) groups excluding carboxylic acids is 2. The number of thiazole rings is 1. The Balaban J connectivity index is 1.29. The van der Waals surface area contributed by atoms with Crippen molar-refractivity contribution in [3.63, 3.8) is 0 Å². The molecule has 1 fully saturated rings. The molecule has 1 saturated heterocycles. The minimum absolute atomic E-state index is 0.0540. The lowest BCUT2D eigenvalue weighted by Crippen LogP contribution is -2.29. The van der Waals surface area contributed by atoms with Crippen LogP contribution in [0.5, 0.6) is 5.75 Å². The number of hydrogen-bond acceptors (Lipinski definition) is 5. The normalized spacial score (nSPS) is 13.1. The second-order valence-electron chi connectivity index (χ2n) is 7.30. The molecule has 0 radical (unpaired) electrons. The standard InChI is InChI=1S/C23H24N4O3S/c28-22(27-9-1-2-10-27)18-6-3-5-17(11-18)13-24-23(29)26-19-7-4-8-21(12-19)30-14-20-15-31-16-25-20/h3-8,11-12,15-16H,1-2,9-10,13-14H2,(H2,24,26,29). The molecule has 0 saturated carbocycles. The largest absolute Gasteiger partial charge is 0.487 e. The zero-order valence-electron chi connectivity index (χ0n) is 17.0. The van der Waals surface area contributed by atoms with E-state index in [1.807, 2.05) is 46.7 Å². The van der Waals surface area contributed by atoms with Gasteiger partial charge in [-0.2, -0.15) is 0 Å². The van der Waals surface area contributed by atoms with Crippen LogP contribution in [0, 0.1) is 0 Å². The van der Waals surface area contributed by atoms with E-state index in [1.54, 1.807) is 17.6 Å². The van der Waals surface area contributed by atoms with Crippen LogP contribution in [0.1, 0.15) is 34.5 Å². The fourth-order valence-electron chi connectivity index (χ4n) is 3.40. The summed E-state index contributed by atoms with van der Waals surface area (Å²) in [6.45, 7) is 2.34. The van der Waals surface area contributed by atoms with Crippen LogP contribution in [-0.4, -0.2) is 34.9 Å². The van der Waals surface area contributed by atoms with Gasteiger partial charge in [0.2, 0.25) is 0 Å². The summed E-state index contributed by atoms with van der Waals surface area (Å²) in [5.74, 6) is 0.706. The van der Waals surface area contributed by atoms with Gasteiger partial charge in [-0.1, -0.05) is 18.2 Å². The maximum Gasteiger partial charge on any atom is 0.319 e. The highest BCUT2D eigenvalue weighted by Gasteiger charge is 2.19. The van der Waals surface area contributed by atoms with Crippen molar-refractivity contribution >= 4 is 29.0 Å². The molecule has 0 atom stereocenters. The van der Waals surface area contributed by atoms with Gasteiger partial charge in [0.15, 0.2) is 0 Å². The molecule has 4 rings (SSSR count). The molecule has 0 aliphatic carbocycles. The van der Waals surface area contributed by atoms with Gasteiger partial charge in [0.05, 0.1) is 11.2 Å². The van der Waals surface area contributed by atoms with Crippen LogP contribution < -0.4 is 15.4 Å². The molecule has 0 spiro atoms. The molecule has 2 heterocycles. The van der Waals surface area contributed by atoms with Gasteiger partial charge in [-0.25, -0.2) is 9.78 Å². The van der Waals surface area contributed by atoms with Crippen LogP contribution in [0.25, 0.3) is 0 Å². The number of nitrogens with one attached hydrogen (secondary N) is 2. The van der Waals surface area contributed by atoms with E-state index in [-0.39, 0.29) is 11.9 Å². The van der Waals surface area contributed by atoms with E-state index in [2.05, 4.69) is 15.6 Å². The average molecular weight is 437 g/mol. The minimum atomic E-state index is -0.326. The van der Waals surface area contributed by atoms with E-state index in [1.165, 1.54) is 11.3 Å². The van der Waals surface area contributed by atoms with Gasteiger partial charge in [-0.05, 0) is 42.7 Å². The van der Waals surface area contributed by atoms with Crippen molar-refractivity contribution in [2.75, 3.05) is 18.4 Å². The Labute approximate surface area is 185 Å². The second kappa shape index (κ2) is 10.1. The lowest BCUT2D eigenvalue weighted by molar-refractivity contribution is 0.0792. The number of carbonyl (C=O) groups is 2. The van der Waals surface area contributed by atoms with Crippen molar-refractivity contribution in [2.24, 2.45) is 0 Å². The molecular weight excluding hydrogens is 412 g/mol. The first kappa shape index (κ1) is 20.9. The van der Waals surface area contributed by atoms with E-state index < -0.39 is 0 Å². The Morgan fingerprint density at radius 2 is 1.94 bits per heavy atom. The third kappa shape index (κ3) is 5.82. The Kier molecular flexibility index (Phi) is 6.78. The number of amides is 3. The van der Waals surface area contributed by atoms with Crippen LogP contribution in [0.3, 0.4) is 0 Å². The number of aromatic nitrogens is 1. The number of hydrogen-bond donors (Lipinski definition) is 2. The molecule has 8 heteroatoms. The molecule has 7 nitrogen and oxygen atoms in total. The number of ether oxygens (including phenoxy) is 1. The monoisotopic (exact) mass is 436 g/mol. The average Bonchev–Trinajstić information content (AvgIpc) is 3.51. The smallest absolute Gasteiger partial charge is 0.319 e. The predicted molar refractivity (Wildman–Crippen MR) is 120 cm³/mol. The number of nitrogens with zero attached hydrogens (tertiary/aromatic N) is 2. The lowest BCUT2D eigenvalue weighted by atomic mass is 10.1. The van der Waals surface area contributed by atoms with Crippen molar-refractivity contribution in [2.45, 2.75) is 26.0 Å². The van der Waals surface area contributed by atoms with Crippen molar-refractivity contribution in [1.82, 2.24) is 15.2 Å². The van der Waals surface area contributed by atoms with Gasteiger partial charge in [-0.15, -0.1) is 11.3 Å². The third-order valence-electron chi connectivity index (χ3n) is 4.98. The molecule has 2 N–H and O–H groups in total. The minimum Gasteiger partial charge on any atom is -0.487 e. The molecule has 0 unspecified atom stereocenters. The van der Waals surface area contributed by atoms with E-state index in [4.69, 9.17) is 4.74 Å². The first-order chi connectivity index (χ1) is 15.2. The third-order valence-corrected chi connectivity index (χ3v) is 5.62. The zero-order valence-corrected chi connectivity index (χ0v) is 17.9. The summed E-state index contributed by atoms with van der Waals surface area (Å²) in [7, 11) is 0. The Bertz CT molecular complexity index is 1030. The number of benzene rings is 2. The summed E-state index contributed by atoms with van der Waals surface area (Å²) >= 11 is 1.52. The van der Waals surface area contributed by atoms with E-state index >= 15 is 0 Å². The van der Waals surface area contributed by atoms with Crippen molar-refractivity contribution in [1.29, 1.82) is 0 Å². The number of rotatable bonds is 7. The van der Waals surface area contributed by atoms with Gasteiger partial charge in [0, 0.05) is 42.3 Å². The first-order valence-electron chi connectivity index (χ1n) is 10.2. The van der Waals surface area contributed by atoms with E-state index in [9.17, 15) is 9.59 Å². The summed E-state index contributed by atoms with van der Waals surface area (Å²) in [4.78, 5) is 30.9. The fourth-order valence-corrected chi connectivity index (χ4v) is 3.95. The van der Waals surface area contributed by atoms with Gasteiger partial charge in [0.1, 0.15) is 12.4 Å². The maximum atomic E-state index is 12.5. The second-order valence-corrected chi connectivity index (χ2v) is 8.02. The summed E-state index contributed by atoms with van der Waals surface area (Å²) in [6.07, 6.45) is 2.12. The highest BCUT2D eigenvalue weighted by molar-refractivity contribution is 7.07. The quantitative estimate of drug-likeness (QED) is 0.579. The zero-order chi connectivity index (χ0) is 21.5. The Morgan fingerprint density at radius 3 is 2.74 bits per heavy atom. The highest BCUT2D eigenvalue weighted by atomic mass is 32.1. The molecular formula is C23H24N4O3S. The van der Waals surface area contributed by atoms with Crippen molar-refractivity contribution < 1.29 is 14.3 Å². The molecule has 3 amide bonds. The van der Waals surface area contributed by atoms with E-state index in [0.717, 1.165) is 37.2 Å². The highest BCUT2D eigenvalue weighted by Crippen LogP contribution is 2.19. The molecule has 31 heavy (non-hydrogen) atoms. The van der Waals surface area contributed by atoms with Crippen LogP contribution in [-0.2, 0) is 13.2 Å². The predicted octanol–water partition coefficient (Wildman–Crippen LogP) is 4.28. The molecule has 1 aliphatic rings. The fraction of sp³-hybridized carbons (Fsp3) is 0.261. The summed E-state index contributed by atoms with van der Waals surface area (Å²) in [5.41, 5.74) is 4.80. The van der Waals surface area contributed by atoms with Crippen molar-refractivity contribution in [3.8, 4) is 5.75 Å². The van der Waals surface area contributed by atoms with Crippen LogP contribution in [0.2, 0.25) is 0 Å². The summed E-state index contributed by atoms with van der Waals surface area (Å²) < 4.78 is 5.72. The van der Waals surface area contributed by atoms with Crippen LogP contribution in [0.15, 0.2) is 59.4 Å². The SMILES string of the molecule is O=C(NCc1cccc(C(=O)N2CCCC2)c1)Nc1cccc(OCc2cscn2)c1.